The van der Waals surface area contributed by atoms with Crippen LogP contribution in [0.3, 0.4) is 0 Å². The first-order valence-electron chi connectivity index (χ1n) is 27.5. The fraction of sp³-hybridized carbons (Fsp3) is 0.684. The molecule has 2 aromatic carbocycles. The monoisotopic (exact) mass is 1060 g/mol. The number of hydrogen-bond donors (Lipinski definition) is 5. The number of ketones is 1. The average molecular weight is 1060 g/mol. The van der Waals surface area contributed by atoms with Crippen molar-refractivity contribution in [3.8, 4) is 0 Å². The number of nitrogens with one attached hydrogen (secondary N) is 5. The van der Waals surface area contributed by atoms with Crippen molar-refractivity contribution in [1.29, 1.82) is 0 Å². The molecule has 4 heterocycles. The van der Waals surface area contributed by atoms with E-state index in [9.17, 15) is 28.8 Å². The van der Waals surface area contributed by atoms with Gasteiger partial charge in [0.2, 0.25) is 29.5 Å². The highest BCUT2D eigenvalue weighted by Crippen LogP contribution is 2.49. The van der Waals surface area contributed by atoms with Crippen LogP contribution in [0.1, 0.15) is 147 Å². The number of ether oxygens (including phenoxy) is 2. The van der Waals surface area contributed by atoms with E-state index < -0.39 is 40.9 Å². The smallest absolute Gasteiger partial charge is 0.246 e. The number of benzene rings is 2. The lowest BCUT2D eigenvalue weighted by molar-refractivity contribution is -0.145. The molecule has 17 heteroatoms. The molecule has 406 valence electrons. The minimum absolute atomic E-state index is 0.0161. The van der Waals surface area contributed by atoms with Gasteiger partial charge in [-0.15, -0.1) is 23.5 Å². The van der Waals surface area contributed by atoms with E-state index in [-0.39, 0.29) is 82.8 Å². The van der Waals surface area contributed by atoms with Crippen LogP contribution in [0, 0.1) is 16.7 Å². The van der Waals surface area contributed by atoms with E-state index in [1.54, 1.807) is 49.4 Å². The summed E-state index contributed by atoms with van der Waals surface area (Å²) in [7, 11) is 3.47. The van der Waals surface area contributed by atoms with Gasteiger partial charge < -0.3 is 45.9 Å². The van der Waals surface area contributed by atoms with Gasteiger partial charge in [0.25, 0.3) is 0 Å². The number of hydrogen-bond acceptors (Lipinski definition) is 12. The molecule has 2 aliphatic carbocycles. The minimum atomic E-state index is -0.692. The maximum atomic E-state index is 14.6. The highest BCUT2D eigenvalue weighted by molar-refractivity contribution is 8.00. The summed E-state index contributed by atoms with van der Waals surface area (Å²) in [5.74, 6) is 0.207. The predicted octanol–water partition coefficient (Wildman–Crippen LogP) is 6.38. The highest BCUT2D eigenvalue weighted by Gasteiger charge is 2.57. The molecule has 5 N–H and O–H groups in total. The zero-order valence-electron chi connectivity index (χ0n) is 45.0. The normalized spacial score (nSPS) is 29.6. The molecule has 6 aliphatic rings. The Balaban J connectivity index is 0.796. The van der Waals surface area contributed by atoms with Crippen molar-refractivity contribution < 1.29 is 38.2 Å². The number of unbranched alkanes of at least 4 members (excludes halogenated alkanes) is 5. The van der Waals surface area contributed by atoms with E-state index in [4.69, 9.17) is 9.47 Å². The summed E-state index contributed by atoms with van der Waals surface area (Å²) < 4.78 is 13.2. The van der Waals surface area contributed by atoms with Crippen LogP contribution in [0.4, 0.5) is 0 Å². The summed E-state index contributed by atoms with van der Waals surface area (Å²) in [6.07, 6.45) is 9.63. The molecule has 74 heavy (non-hydrogen) atoms. The number of amides is 5. The second kappa shape index (κ2) is 24.6. The summed E-state index contributed by atoms with van der Waals surface area (Å²) in [5.41, 5.74) is 3.52. The maximum Gasteiger partial charge on any atom is 0.246 e. The van der Waals surface area contributed by atoms with Gasteiger partial charge in [-0.1, -0.05) is 102 Å². The first-order chi connectivity index (χ1) is 35.4. The maximum absolute atomic E-state index is 14.6. The van der Waals surface area contributed by atoms with Crippen LogP contribution in [0.25, 0.3) is 0 Å². The van der Waals surface area contributed by atoms with Gasteiger partial charge in [-0.3, -0.25) is 28.8 Å². The Labute approximate surface area is 448 Å². The summed E-state index contributed by atoms with van der Waals surface area (Å²) in [4.78, 5) is 87.0. The number of nitrogens with zero attached hydrogens (tertiary/aromatic N) is 2. The molecule has 0 aromatic heterocycles. The van der Waals surface area contributed by atoms with E-state index in [0.717, 1.165) is 61.0 Å². The lowest BCUT2D eigenvalue weighted by Crippen LogP contribution is -2.58. The quantitative estimate of drug-likeness (QED) is 0.0821. The lowest BCUT2D eigenvalue weighted by Gasteiger charge is -2.35. The molecule has 0 unspecified atom stereocenters. The van der Waals surface area contributed by atoms with Crippen LogP contribution < -0.4 is 26.6 Å². The van der Waals surface area contributed by atoms with Crippen molar-refractivity contribution >= 4 is 58.8 Å². The van der Waals surface area contributed by atoms with Gasteiger partial charge in [-0.2, -0.15) is 0 Å². The SMILES string of the molecule is CN[C@@H](C)C(=O)C[C@H]1CCS[C@H]2CC(C)(C)[C@@H](C(=O)N[C@H]3c4ccccc4C[C@H]3OCCCCCCCCO[C@@H]3Cc4ccccc4[C@@H]3NC(=O)[C@H]3N4C(=O)[C@@H](NC(=O)[C@H](C)NC)CCS[C@H]4CC3(C)C)N2C1=O. The summed E-state index contributed by atoms with van der Waals surface area (Å²) in [6, 6.07) is 12.9. The van der Waals surface area contributed by atoms with E-state index in [2.05, 4.69) is 78.5 Å². The number of thioether (sulfide) groups is 2. The van der Waals surface area contributed by atoms with Crippen LogP contribution in [0.15, 0.2) is 48.5 Å². The Morgan fingerprint density at radius 2 is 1.09 bits per heavy atom. The number of carbonyl (C=O) groups excluding carboxylic acids is 6. The molecule has 4 aliphatic heterocycles. The lowest BCUT2D eigenvalue weighted by atomic mass is 9.83. The van der Waals surface area contributed by atoms with E-state index in [1.807, 2.05) is 36.1 Å². The third-order valence-corrected chi connectivity index (χ3v) is 19.4. The first-order valence-corrected chi connectivity index (χ1v) is 29.6. The first kappa shape index (κ1) is 56.2. The van der Waals surface area contributed by atoms with Crippen LogP contribution in [-0.4, -0.2) is 137 Å². The Morgan fingerprint density at radius 1 is 0.635 bits per heavy atom. The fourth-order valence-corrected chi connectivity index (χ4v) is 15.6. The molecule has 0 bridgehead atoms. The Bertz CT molecular complexity index is 2190. The number of Topliss-reactive ketones (excluding diaryl/α,β-unsaturated/α-hetero) is 1. The number of rotatable bonds is 22. The highest BCUT2D eigenvalue weighted by atomic mass is 32.2. The molecule has 0 radical (unpaired) electrons. The summed E-state index contributed by atoms with van der Waals surface area (Å²) >= 11 is 3.42. The second-order valence-corrected chi connectivity index (χ2v) is 25.6. The standard InChI is InChI=1S/C57H83N7O8S2/c1-34(58-7)42(65)29-38-23-27-73-45-32-56(3,4)49(63(45)54(38)69)52(67)61-47-39-21-15-13-19-36(39)30-43(47)71-25-17-11-9-10-12-18-26-72-44-31-37-20-14-16-22-40(37)48(44)62-53(68)50-57(5,6)33-46-64(50)55(70)41(24-28-74-46)60-51(66)35(2)59-8/h13-16,19-22,34-35,38,41,43-50,58-59H,9-12,17-18,23-33H2,1-8H3,(H,60,66)(H,61,67)(H,62,68)/t34-,35-,38+,41-,43+,44+,45-,46-,47-,48-,49+,50+/m0/s1. The fourth-order valence-electron chi connectivity index (χ4n) is 12.4. The third-order valence-electron chi connectivity index (χ3n) is 16.9. The zero-order valence-corrected chi connectivity index (χ0v) is 46.7. The van der Waals surface area contributed by atoms with Crippen LogP contribution in [0.2, 0.25) is 0 Å². The van der Waals surface area contributed by atoms with Crippen LogP contribution >= 0.6 is 23.5 Å². The zero-order chi connectivity index (χ0) is 52.9. The number of likely N-dealkylation sites (N-methyl/N-ethyl adjacent to an activating group) is 2. The third kappa shape index (κ3) is 12.4. The predicted molar refractivity (Wildman–Crippen MR) is 291 cm³/mol. The molecule has 0 saturated carbocycles. The molecular formula is C57H83N7O8S2. The molecule has 8 rings (SSSR count). The topological polar surface area (TPSA) is 188 Å². The number of carbonyl (C=O) groups is 6. The van der Waals surface area contributed by atoms with Gasteiger partial charge in [-0.05, 0) is 111 Å². The van der Waals surface area contributed by atoms with E-state index in [1.165, 1.54) is 5.56 Å². The van der Waals surface area contributed by atoms with Crippen molar-refractivity contribution in [3.05, 3.63) is 70.8 Å². The van der Waals surface area contributed by atoms with Crippen molar-refractivity contribution in [3.63, 3.8) is 0 Å². The van der Waals surface area contributed by atoms with Gasteiger partial charge >= 0.3 is 0 Å². The Kier molecular flexibility index (Phi) is 18.6. The van der Waals surface area contributed by atoms with Crippen molar-refractivity contribution in [1.82, 2.24) is 36.4 Å². The van der Waals surface area contributed by atoms with Crippen molar-refractivity contribution in [2.45, 2.75) is 190 Å². The van der Waals surface area contributed by atoms with Crippen LogP contribution in [0.5, 0.6) is 0 Å². The Hall–Kier alpha value is -4.00. The summed E-state index contributed by atoms with van der Waals surface area (Å²) in [6.45, 7) is 13.0. The average Bonchev–Trinajstić information content (AvgIpc) is 4.02. The second-order valence-electron chi connectivity index (χ2n) is 23.1. The van der Waals surface area contributed by atoms with E-state index >= 15 is 0 Å². The molecule has 0 spiro atoms. The molecule has 4 saturated heterocycles. The van der Waals surface area contributed by atoms with Crippen LogP contribution in [-0.2, 0) is 51.1 Å². The largest absolute Gasteiger partial charge is 0.375 e. The molecule has 5 amide bonds. The molecule has 12 atom stereocenters. The minimum Gasteiger partial charge on any atom is -0.375 e. The molecule has 15 nitrogen and oxygen atoms in total. The molecule has 2 aromatic rings. The van der Waals surface area contributed by atoms with Gasteiger partial charge in [0.15, 0.2) is 0 Å². The number of fused-ring (bicyclic) bond motifs is 4. The van der Waals surface area contributed by atoms with Gasteiger partial charge in [-0.25, -0.2) is 0 Å². The van der Waals surface area contributed by atoms with Gasteiger partial charge in [0, 0.05) is 38.4 Å². The van der Waals surface area contributed by atoms with Gasteiger partial charge in [0.1, 0.15) is 23.9 Å². The molecular weight excluding hydrogens is 975 g/mol. The summed E-state index contributed by atoms with van der Waals surface area (Å²) in [5, 5.41) is 15.4. The Morgan fingerprint density at radius 3 is 1.59 bits per heavy atom. The van der Waals surface area contributed by atoms with E-state index in [0.29, 0.717) is 57.5 Å². The van der Waals surface area contributed by atoms with Crippen molar-refractivity contribution in [2.75, 3.05) is 38.8 Å². The van der Waals surface area contributed by atoms with Crippen molar-refractivity contribution in [2.24, 2.45) is 16.7 Å². The molecule has 4 fully saturated rings. The van der Waals surface area contributed by atoms with Gasteiger partial charge in [0.05, 0.1) is 47.1 Å².